The maximum absolute atomic E-state index is 12.6. The van der Waals surface area contributed by atoms with Crippen LogP contribution in [-0.2, 0) is 11.2 Å². The first-order chi connectivity index (χ1) is 15.7. The van der Waals surface area contributed by atoms with Crippen molar-refractivity contribution in [3.05, 3.63) is 66.0 Å². The summed E-state index contributed by atoms with van der Waals surface area (Å²) in [4.78, 5) is 21.5. The average molecular weight is 432 g/mol. The lowest BCUT2D eigenvalue weighted by molar-refractivity contribution is 0.0113. The Morgan fingerprint density at radius 3 is 2.81 bits per heavy atom. The number of hydrogen-bond donors (Lipinski definition) is 2. The first-order valence-corrected chi connectivity index (χ1v) is 11.3. The van der Waals surface area contributed by atoms with Crippen molar-refractivity contribution < 1.29 is 14.3 Å². The van der Waals surface area contributed by atoms with Crippen LogP contribution >= 0.6 is 0 Å². The van der Waals surface area contributed by atoms with Crippen molar-refractivity contribution in [2.45, 2.75) is 31.8 Å². The third-order valence-electron chi connectivity index (χ3n) is 6.49. The van der Waals surface area contributed by atoms with Crippen LogP contribution in [0.1, 0.15) is 35.2 Å². The summed E-state index contributed by atoms with van der Waals surface area (Å²) >= 11 is 0. The predicted molar refractivity (Wildman–Crippen MR) is 126 cm³/mol. The molecule has 0 atom stereocenters. The number of piperidine rings is 1. The normalized spacial score (nSPS) is 15.4. The topological polar surface area (TPSA) is 70.3 Å². The number of H-pyrrole nitrogens is 2. The fourth-order valence-corrected chi connectivity index (χ4v) is 4.73. The third-order valence-corrected chi connectivity index (χ3v) is 6.49. The van der Waals surface area contributed by atoms with Crippen LogP contribution in [0.5, 0.6) is 5.75 Å². The van der Waals surface area contributed by atoms with Gasteiger partial charge < -0.3 is 24.3 Å². The number of nitrogens with zero attached hydrogens (tertiary/aromatic N) is 1. The maximum atomic E-state index is 12.6. The van der Waals surface area contributed by atoms with Crippen molar-refractivity contribution in [2.75, 3.05) is 26.7 Å². The SMILES string of the molecule is COc1cccc2[nH]cc(CCCN3CCC(OC(=O)c4ccc5[nH]ccc5c4)CC3)c12. The molecule has 0 spiro atoms. The van der Waals surface area contributed by atoms with Crippen LogP contribution in [-0.4, -0.2) is 53.7 Å². The zero-order valence-corrected chi connectivity index (χ0v) is 18.4. The van der Waals surface area contributed by atoms with E-state index in [1.165, 1.54) is 10.9 Å². The summed E-state index contributed by atoms with van der Waals surface area (Å²) in [6.07, 6.45) is 7.86. The van der Waals surface area contributed by atoms with E-state index in [4.69, 9.17) is 9.47 Å². The van der Waals surface area contributed by atoms with Crippen molar-refractivity contribution in [3.63, 3.8) is 0 Å². The number of ether oxygens (including phenoxy) is 2. The highest BCUT2D eigenvalue weighted by atomic mass is 16.5. The summed E-state index contributed by atoms with van der Waals surface area (Å²) in [6.45, 7) is 2.98. The molecule has 1 aliphatic rings. The molecule has 0 aliphatic carbocycles. The van der Waals surface area contributed by atoms with Gasteiger partial charge in [0.05, 0.1) is 12.7 Å². The van der Waals surface area contributed by atoms with Gasteiger partial charge in [0.25, 0.3) is 0 Å². The molecule has 0 unspecified atom stereocenters. The molecule has 0 bridgehead atoms. The van der Waals surface area contributed by atoms with Crippen LogP contribution in [0.4, 0.5) is 0 Å². The van der Waals surface area contributed by atoms with Gasteiger partial charge >= 0.3 is 5.97 Å². The number of esters is 1. The minimum Gasteiger partial charge on any atom is -0.496 e. The van der Waals surface area contributed by atoms with Gasteiger partial charge in [0.2, 0.25) is 0 Å². The Balaban J connectivity index is 1.09. The molecule has 1 saturated heterocycles. The zero-order chi connectivity index (χ0) is 21.9. The number of methoxy groups -OCH3 is 1. The van der Waals surface area contributed by atoms with Gasteiger partial charge in [-0.15, -0.1) is 0 Å². The van der Waals surface area contributed by atoms with Crippen molar-refractivity contribution in [1.29, 1.82) is 0 Å². The third kappa shape index (κ3) is 4.23. The van der Waals surface area contributed by atoms with Gasteiger partial charge in [0, 0.05) is 47.3 Å². The number of hydrogen-bond acceptors (Lipinski definition) is 4. The van der Waals surface area contributed by atoms with Crippen molar-refractivity contribution >= 4 is 27.8 Å². The molecular formula is C26H29N3O3. The van der Waals surface area contributed by atoms with Gasteiger partial charge in [-0.05, 0) is 74.2 Å². The zero-order valence-electron chi connectivity index (χ0n) is 18.4. The molecule has 4 aromatic rings. The van der Waals surface area contributed by atoms with Gasteiger partial charge in [-0.2, -0.15) is 0 Å². The Kier molecular flexibility index (Phi) is 5.86. The number of carbonyl (C=O) groups is 1. The molecule has 2 N–H and O–H groups in total. The lowest BCUT2D eigenvalue weighted by atomic mass is 10.0. The van der Waals surface area contributed by atoms with E-state index in [0.29, 0.717) is 5.56 Å². The Hall–Kier alpha value is -3.25. The number of aryl methyl sites for hydroxylation is 1. The molecule has 0 saturated carbocycles. The first kappa shape index (κ1) is 20.6. The fraction of sp³-hybridized carbons (Fsp3) is 0.346. The van der Waals surface area contributed by atoms with Crippen LogP contribution in [0.15, 0.2) is 54.9 Å². The van der Waals surface area contributed by atoms with Crippen molar-refractivity contribution in [1.82, 2.24) is 14.9 Å². The van der Waals surface area contributed by atoms with Crippen LogP contribution in [0.2, 0.25) is 0 Å². The highest BCUT2D eigenvalue weighted by Crippen LogP contribution is 2.29. The molecule has 166 valence electrons. The predicted octanol–water partition coefficient (Wildman–Crippen LogP) is 4.91. The molecule has 2 aromatic heterocycles. The lowest BCUT2D eigenvalue weighted by Crippen LogP contribution is -2.38. The molecule has 32 heavy (non-hydrogen) atoms. The van der Waals surface area contributed by atoms with Gasteiger partial charge in [-0.1, -0.05) is 6.07 Å². The molecule has 0 radical (unpaired) electrons. The molecule has 6 heteroatoms. The Morgan fingerprint density at radius 2 is 1.97 bits per heavy atom. The molecule has 6 nitrogen and oxygen atoms in total. The molecule has 5 rings (SSSR count). The Morgan fingerprint density at radius 1 is 1.09 bits per heavy atom. The van der Waals surface area contributed by atoms with Crippen LogP contribution < -0.4 is 4.74 Å². The van der Waals surface area contributed by atoms with E-state index in [2.05, 4.69) is 27.1 Å². The first-order valence-electron chi connectivity index (χ1n) is 11.3. The van der Waals surface area contributed by atoms with E-state index >= 15 is 0 Å². The lowest BCUT2D eigenvalue weighted by Gasteiger charge is -2.31. The van der Waals surface area contributed by atoms with Crippen LogP contribution in [0.3, 0.4) is 0 Å². The molecule has 3 heterocycles. The standard InChI is InChI=1S/C26H29N3O3/c1-31-24-6-2-5-23-25(24)20(17-28-23)4-3-13-29-14-10-21(11-15-29)32-26(30)19-7-8-22-18(16-19)9-12-27-22/h2,5-9,12,16-17,21,27-28H,3-4,10-11,13-15H2,1H3. The van der Waals surface area contributed by atoms with Crippen LogP contribution in [0, 0.1) is 0 Å². The molecule has 0 amide bonds. The molecule has 1 fully saturated rings. The van der Waals surface area contributed by atoms with E-state index in [9.17, 15) is 4.79 Å². The number of aromatic nitrogens is 2. The summed E-state index contributed by atoms with van der Waals surface area (Å²) in [5.41, 5.74) is 4.08. The Labute approximate surface area is 187 Å². The van der Waals surface area contributed by atoms with Gasteiger partial charge in [-0.25, -0.2) is 4.79 Å². The number of nitrogens with one attached hydrogen (secondary N) is 2. The highest BCUT2D eigenvalue weighted by Gasteiger charge is 2.23. The number of rotatable bonds is 7. The average Bonchev–Trinajstić information content (AvgIpc) is 3.46. The quantitative estimate of drug-likeness (QED) is 0.408. The number of aromatic amines is 2. The van der Waals surface area contributed by atoms with E-state index in [-0.39, 0.29) is 12.1 Å². The van der Waals surface area contributed by atoms with Gasteiger partial charge in [0.1, 0.15) is 11.9 Å². The Bertz CT molecular complexity index is 1220. The van der Waals surface area contributed by atoms with E-state index in [1.807, 2.05) is 42.6 Å². The largest absolute Gasteiger partial charge is 0.496 e. The highest BCUT2D eigenvalue weighted by molar-refractivity contribution is 5.94. The number of carbonyl (C=O) groups excluding carboxylic acids is 1. The number of fused-ring (bicyclic) bond motifs is 2. The van der Waals surface area contributed by atoms with E-state index in [0.717, 1.165) is 67.5 Å². The number of likely N-dealkylation sites (tertiary alicyclic amines) is 1. The summed E-state index contributed by atoms with van der Waals surface area (Å²) in [5.74, 6) is 0.705. The molecular weight excluding hydrogens is 402 g/mol. The summed E-state index contributed by atoms with van der Waals surface area (Å²) < 4.78 is 11.3. The van der Waals surface area contributed by atoms with Gasteiger partial charge in [0.15, 0.2) is 0 Å². The van der Waals surface area contributed by atoms with Crippen molar-refractivity contribution in [2.24, 2.45) is 0 Å². The number of benzene rings is 2. The fourth-order valence-electron chi connectivity index (χ4n) is 4.73. The second-order valence-corrected chi connectivity index (χ2v) is 8.53. The van der Waals surface area contributed by atoms with E-state index < -0.39 is 0 Å². The maximum Gasteiger partial charge on any atom is 0.338 e. The molecule has 1 aliphatic heterocycles. The van der Waals surface area contributed by atoms with Crippen molar-refractivity contribution in [3.8, 4) is 5.75 Å². The van der Waals surface area contributed by atoms with Gasteiger partial charge in [-0.3, -0.25) is 0 Å². The monoisotopic (exact) mass is 431 g/mol. The minimum absolute atomic E-state index is 0.00134. The molecule has 2 aromatic carbocycles. The second-order valence-electron chi connectivity index (χ2n) is 8.53. The summed E-state index contributed by atoms with van der Waals surface area (Å²) in [5, 5.41) is 2.22. The smallest absolute Gasteiger partial charge is 0.338 e. The second kappa shape index (κ2) is 9.09. The van der Waals surface area contributed by atoms with Crippen LogP contribution in [0.25, 0.3) is 21.8 Å². The van der Waals surface area contributed by atoms with E-state index in [1.54, 1.807) is 7.11 Å². The summed E-state index contributed by atoms with van der Waals surface area (Å²) in [6, 6.07) is 13.7. The minimum atomic E-state index is -0.222. The summed E-state index contributed by atoms with van der Waals surface area (Å²) in [7, 11) is 1.72.